The topological polar surface area (TPSA) is 30.7 Å². The van der Waals surface area contributed by atoms with Crippen molar-refractivity contribution in [2.45, 2.75) is 19.4 Å². The van der Waals surface area contributed by atoms with Crippen LogP contribution in [0.4, 0.5) is 17.6 Å². The van der Waals surface area contributed by atoms with E-state index in [-0.39, 0.29) is 0 Å². The lowest BCUT2D eigenvalue weighted by Gasteiger charge is -1.96. The highest BCUT2D eigenvalue weighted by atomic mass is 19.3. The third-order valence-electron chi connectivity index (χ3n) is 1.07. The van der Waals surface area contributed by atoms with Crippen LogP contribution in [-0.4, -0.2) is 21.2 Å². The predicted octanol–water partition coefficient (Wildman–Crippen LogP) is 1.48. The zero-order valence-corrected chi connectivity index (χ0v) is 5.79. The molecule has 0 spiro atoms. The zero-order chi connectivity index (χ0) is 9.14. The van der Waals surface area contributed by atoms with E-state index in [1.807, 2.05) is 0 Å². The summed E-state index contributed by atoms with van der Waals surface area (Å²) in [6, 6.07) is 0. The van der Waals surface area contributed by atoms with Crippen molar-refractivity contribution in [3.05, 3.63) is 12.2 Å². The van der Waals surface area contributed by atoms with E-state index >= 15 is 0 Å². The summed E-state index contributed by atoms with van der Waals surface area (Å²) in [5, 5.41) is 3.13. The van der Waals surface area contributed by atoms with Gasteiger partial charge in [0, 0.05) is 0 Å². The summed E-state index contributed by atoms with van der Waals surface area (Å²) in [5.74, 6) is -0.726. The summed E-state index contributed by atoms with van der Waals surface area (Å²) in [5.41, 5.74) is 0. The molecule has 0 aliphatic carbocycles. The molecule has 0 saturated carbocycles. The van der Waals surface area contributed by atoms with Gasteiger partial charge in [-0.2, -0.15) is 0 Å². The highest BCUT2D eigenvalue weighted by Crippen LogP contribution is 2.12. The Bertz CT molecular complexity index is 247. The molecule has 7 heteroatoms. The van der Waals surface area contributed by atoms with Crippen molar-refractivity contribution in [1.29, 1.82) is 0 Å². The lowest BCUT2D eigenvalue weighted by atomic mass is 10.7. The average molecular weight is 183 g/mol. The van der Waals surface area contributed by atoms with Crippen LogP contribution in [0.25, 0.3) is 0 Å². The summed E-state index contributed by atoms with van der Waals surface area (Å²) in [4.78, 5) is 3.14. The van der Waals surface area contributed by atoms with E-state index < -0.39 is 25.2 Å². The maximum absolute atomic E-state index is 11.8. The number of alkyl halides is 4. The number of hydrogen-bond acceptors (Lipinski definition) is 2. The van der Waals surface area contributed by atoms with E-state index in [0.717, 1.165) is 6.33 Å². The second-order valence-corrected chi connectivity index (χ2v) is 2.02. The minimum Gasteiger partial charge on any atom is -0.247 e. The molecule has 0 aliphatic rings. The Morgan fingerprint density at radius 3 is 2.42 bits per heavy atom. The highest BCUT2D eigenvalue weighted by Gasteiger charge is 2.13. The molecule has 0 aromatic carbocycles. The predicted molar refractivity (Wildman–Crippen MR) is 31.0 cm³/mol. The lowest BCUT2D eigenvalue weighted by Crippen LogP contribution is -2.07. The summed E-state index contributed by atoms with van der Waals surface area (Å²) in [6.45, 7) is -0.709. The van der Waals surface area contributed by atoms with Crippen molar-refractivity contribution in [3.63, 3.8) is 0 Å². The van der Waals surface area contributed by atoms with Crippen molar-refractivity contribution in [1.82, 2.24) is 14.8 Å². The lowest BCUT2D eigenvalue weighted by molar-refractivity contribution is 0.117. The van der Waals surface area contributed by atoms with Crippen LogP contribution >= 0.6 is 0 Å². The van der Waals surface area contributed by atoms with Gasteiger partial charge in [-0.3, -0.25) is 0 Å². The standard InChI is InChI=1S/C5H5F4N3/c6-3(7)1-12-2-10-5(11-12)4(8)9/h2-4H,1H2. The molecular weight excluding hydrogens is 178 g/mol. The van der Waals surface area contributed by atoms with E-state index in [4.69, 9.17) is 0 Å². The molecule has 0 unspecified atom stereocenters. The van der Waals surface area contributed by atoms with Crippen LogP contribution in [-0.2, 0) is 6.54 Å². The Balaban J connectivity index is 2.64. The summed E-state index contributed by atoms with van der Waals surface area (Å²) >= 11 is 0. The van der Waals surface area contributed by atoms with E-state index in [2.05, 4.69) is 10.1 Å². The largest absolute Gasteiger partial charge is 0.299 e. The molecule has 1 aromatic heterocycles. The van der Waals surface area contributed by atoms with E-state index in [1.165, 1.54) is 0 Å². The highest BCUT2D eigenvalue weighted by molar-refractivity contribution is 4.82. The first-order chi connectivity index (χ1) is 5.59. The van der Waals surface area contributed by atoms with Crippen LogP contribution in [0.1, 0.15) is 12.2 Å². The van der Waals surface area contributed by atoms with Crippen LogP contribution in [0.15, 0.2) is 6.33 Å². The van der Waals surface area contributed by atoms with E-state index in [9.17, 15) is 17.6 Å². The molecule has 12 heavy (non-hydrogen) atoms. The molecule has 1 rings (SSSR count). The van der Waals surface area contributed by atoms with Crippen molar-refractivity contribution in [2.24, 2.45) is 0 Å². The normalized spacial score (nSPS) is 11.5. The average Bonchev–Trinajstić information content (AvgIpc) is 2.34. The number of halogens is 4. The fourth-order valence-electron chi connectivity index (χ4n) is 0.638. The molecule has 0 N–H and O–H groups in total. The molecule has 0 amide bonds. The number of nitrogens with zero attached hydrogens (tertiary/aromatic N) is 3. The van der Waals surface area contributed by atoms with Gasteiger partial charge in [-0.15, -0.1) is 5.10 Å². The molecule has 1 aromatic rings. The SMILES string of the molecule is FC(F)Cn1cnc(C(F)F)n1. The minimum atomic E-state index is -2.82. The molecule has 0 aliphatic heterocycles. The van der Waals surface area contributed by atoms with Crippen molar-refractivity contribution < 1.29 is 17.6 Å². The van der Waals surface area contributed by atoms with Gasteiger partial charge in [0.1, 0.15) is 12.9 Å². The quantitative estimate of drug-likeness (QED) is 0.664. The summed E-state index contributed by atoms with van der Waals surface area (Å²) in [7, 11) is 0. The van der Waals surface area contributed by atoms with Crippen LogP contribution in [0.2, 0.25) is 0 Å². The van der Waals surface area contributed by atoms with E-state index in [1.54, 1.807) is 0 Å². The Labute approximate surface area is 65.0 Å². The molecule has 0 bridgehead atoms. The van der Waals surface area contributed by atoms with E-state index in [0.29, 0.717) is 4.68 Å². The van der Waals surface area contributed by atoms with Gasteiger partial charge in [-0.25, -0.2) is 27.2 Å². The maximum Gasteiger partial charge on any atom is 0.299 e. The van der Waals surface area contributed by atoms with Gasteiger partial charge in [-0.1, -0.05) is 0 Å². The van der Waals surface area contributed by atoms with Gasteiger partial charge >= 0.3 is 0 Å². The van der Waals surface area contributed by atoms with Crippen molar-refractivity contribution >= 4 is 0 Å². The summed E-state index contributed by atoms with van der Waals surface area (Å²) in [6.07, 6.45) is -4.57. The molecule has 0 atom stereocenters. The Morgan fingerprint density at radius 2 is 2.00 bits per heavy atom. The number of rotatable bonds is 3. The Kier molecular flexibility index (Phi) is 2.61. The minimum absolute atomic E-state index is 0.687. The first kappa shape index (κ1) is 8.95. The van der Waals surface area contributed by atoms with Gasteiger partial charge in [0.15, 0.2) is 0 Å². The molecule has 1 heterocycles. The monoisotopic (exact) mass is 183 g/mol. The van der Waals surface area contributed by atoms with Gasteiger partial charge in [0.25, 0.3) is 12.9 Å². The van der Waals surface area contributed by atoms with Crippen LogP contribution in [0, 0.1) is 0 Å². The molecular formula is C5H5F4N3. The van der Waals surface area contributed by atoms with Crippen molar-refractivity contribution in [3.8, 4) is 0 Å². The third kappa shape index (κ3) is 2.18. The van der Waals surface area contributed by atoms with Crippen LogP contribution < -0.4 is 0 Å². The smallest absolute Gasteiger partial charge is 0.247 e. The fourth-order valence-corrected chi connectivity index (χ4v) is 0.638. The number of hydrogen-bond donors (Lipinski definition) is 0. The summed E-state index contributed by atoms with van der Waals surface area (Å²) < 4.78 is 47.6. The fraction of sp³-hybridized carbons (Fsp3) is 0.600. The molecule has 0 saturated heterocycles. The Hall–Kier alpha value is -1.14. The molecule has 0 fully saturated rings. The third-order valence-corrected chi connectivity index (χ3v) is 1.07. The maximum atomic E-state index is 11.8. The van der Waals surface area contributed by atoms with Crippen LogP contribution in [0.5, 0.6) is 0 Å². The zero-order valence-electron chi connectivity index (χ0n) is 5.79. The van der Waals surface area contributed by atoms with Gasteiger partial charge < -0.3 is 0 Å². The van der Waals surface area contributed by atoms with Gasteiger partial charge in [0.2, 0.25) is 5.82 Å². The molecule has 0 radical (unpaired) electrons. The van der Waals surface area contributed by atoms with Gasteiger partial charge in [-0.05, 0) is 0 Å². The second-order valence-electron chi connectivity index (χ2n) is 2.02. The van der Waals surface area contributed by atoms with Crippen molar-refractivity contribution in [2.75, 3.05) is 0 Å². The second kappa shape index (κ2) is 3.51. The first-order valence-corrected chi connectivity index (χ1v) is 3.05. The molecule has 68 valence electrons. The first-order valence-electron chi connectivity index (χ1n) is 3.05. The Morgan fingerprint density at radius 1 is 1.33 bits per heavy atom. The van der Waals surface area contributed by atoms with Gasteiger partial charge in [0.05, 0.1) is 0 Å². The molecule has 3 nitrogen and oxygen atoms in total. The van der Waals surface area contributed by atoms with Crippen LogP contribution in [0.3, 0.4) is 0 Å². The number of aromatic nitrogens is 3.